The summed E-state index contributed by atoms with van der Waals surface area (Å²) >= 11 is 0. The Labute approximate surface area is 81.0 Å². The lowest BCUT2D eigenvalue weighted by atomic mass is 10.2. The van der Waals surface area contributed by atoms with Gasteiger partial charge in [0.2, 0.25) is 0 Å². The van der Waals surface area contributed by atoms with Crippen LogP contribution in [0.5, 0.6) is 0 Å². The van der Waals surface area contributed by atoms with Crippen LogP contribution in [-0.2, 0) is 0 Å². The average Bonchev–Trinajstić information content (AvgIpc) is 2.98. The van der Waals surface area contributed by atoms with E-state index in [0.717, 1.165) is 19.0 Å². The zero-order chi connectivity index (χ0) is 9.97. The molecule has 1 aromatic rings. The molecule has 1 aliphatic rings. The van der Waals surface area contributed by atoms with Crippen LogP contribution in [0, 0.1) is 5.82 Å². The number of nitrogens with zero attached hydrogens (tertiary/aromatic N) is 2. The molecule has 2 rings (SSSR count). The Hall–Kier alpha value is -1.49. The minimum Gasteiger partial charge on any atom is -0.308 e. The van der Waals surface area contributed by atoms with E-state index < -0.39 is 0 Å². The first-order valence-electron chi connectivity index (χ1n) is 4.45. The van der Waals surface area contributed by atoms with Gasteiger partial charge in [-0.05, 0) is 18.9 Å². The van der Waals surface area contributed by atoms with Crippen molar-refractivity contribution in [2.24, 2.45) is 10.8 Å². The number of nitrogens with two attached hydrogens (primary N) is 1. The Bertz CT molecular complexity index is 360. The average molecular weight is 194 g/mol. The van der Waals surface area contributed by atoms with Gasteiger partial charge in [-0.3, -0.25) is 9.98 Å². The lowest BCUT2D eigenvalue weighted by Gasteiger charge is -2.04. The molecule has 3 N–H and O–H groups in total. The SMILES string of the molecule is NNC(=NC1CC1)c1cncc(F)c1. The van der Waals surface area contributed by atoms with Crippen LogP contribution in [0.3, 0.4) is 0 Å². The summed E-state index contributed by atoms with van der Waals surface area (Å²) in [6, 6.07) is 1.69. The van der Waals surface area contributed by atoms with Gasteiger partial charge < -0.3 is 5.43 Å². The maximum absolute atomic E-state index is 12.8. The van der Waals surface area contributed by atoms with Gasteiger partial charge in [0.15, 0.2) is 0 Å². The van der Waals surface area contributed by atoms with Crippen molar-refractivity contribution < 1.29 is 4.39 Å². The molecule has 0 aliphatic heterocycles. The topological polar surface area (TPSA) is 63.3 Å². The molecule has 1 fully saturated rings. The fourth-order valence-electron chi connectivity index (χ4n) is 1.12. The van der Waals surface area contributed by atoms with E-state index in [9.17, 15) is 4.39 Å². The first-order chi connectivity index (χ1) is 6.79. The monoisotopic (exact) mass is 194 g/mol. The predicted octanol–water partition coefficient (Wildman–Crippen LogP) is 0.593. The van der Waals surface area contributed by atoms with Crippen LogP contribution in [0.1, 0.15) is 18.4 Å². The van der Waals surface area contributed by atoms with Gasteiger partial charge >= 0.3 is 0 Å². The van der Waals surface area contributed by atoms with E-state index in [0.29, 0.717) is 17.4 Å². The second-order valence-corrected chi connectivity index (χ2v) is 3.25. The largest absolute Gasteiger partial charge is 0.308 e. The van der Waals surface area contributed by atoms with Crippen LogP contribution in [0.15, 0.2) is 23.5 Å². The Balaban J connectivity index is 2.26. The highest BCUT2D eigenvalue weighted by Gasteiger charge is 2.21. The molecular weight excluding hydrogens is 183 g/mol. The molecule has 0 unspecified atom stereocenters. The third kappa shape index (κ3) is 2.05. The van der Waals surface area contributed by atoms with E-state index in [1.807, 2.05) is 0 Å². The highest BCUT2D eigenvalue weighted by molar-refractivity contribution is 5.98. The van der Waals surface area contributed by atoms with Crippen LogP contribution in [0.2, 0.25) is 0 Å². The third-order valence-electron chi connectivity index (χ3n) is 1.97. The van der Waals surface area contributed by atoms with Gasteiger partial charge in [0.1, 0.15) is 11.7 Å². The molecule has 14 heavy (non-hydrogen) atoms. The standard InChI is InChI=1S/C9H11FN4/c10-7-3-6(4-12-5-7)9(14-11)13-8-1-2-8/h3-5,8H,1-2,11H2,(H,13,14). The highest BCUT2D eigenvalue weighted by Crippen LogP contribution is 2.24. The number of halogens is 1. The molecule has 0 radical (unpaired) electrons. The highest BCUT2D eigenvalue weighted by atomic mass is 19.1. The van der Waals surface area contributed by atoms with Gasteiger partial charge in [-0.1, -0.05) is 0 Å². The minimum absolute atomic E-state index is 0.337. The van der Waals surface area contributed by atoms with Crippen LogP contribution < -0.4 is 11.3 Å². The van der Waals surface area contributed by atoms with Crippen molar-refractivity contribution in [2.45, 2.75) is 18.9 Å². The van der Waals surface area contributed by atoms with Crippen molar-refractivity contribution in [3.8, 4) is 0 Å². The molecule has 1 aromatic heterocycles. The van der Waals surface area contributed by atoms with Gasteiger partial charge in [0, 0.05) is 11.8 Å². The van der Waals surface area contributed by atoms with Gasteiger partial charge in [0.25, 0.3) is 0 Å². The summed E-state index contributed by atoms with van der Waals surface area (Å²) in [6.45, 7) is 0. The molecule has 0 spiro atoms. The third-order valence-corrected chi connectivity index (χ3v) is 1.97. The van der Waals surface area contributed by atoms with Crippen molar-refractivity contribution in [1.29, 1.82) is 0 Å². The van der Waals surface area contributed by atoms with E-state index >= 15 is 0 Å². The molecule has 1 saturated carbocycles. The van der Waals surface area contributed by atoms with Gasteiger partial charge in [0.05, 0.1) is 12.2 Å². The van der Waals surface area contributed by atoms with E-state index in [-0.39, 0.29) is 5.82 Å². The van der Waals surface area contributed by atoms with E-state index in [2.05, 4.69) is 15.4 Å². The Morgan fingerprint density at radius 3 is 2.93 bits per heavy atom. The van der Waals surface area contributed by atoms with Crippen molar-refractivity contribution in [2.75, 3.05) is 0 Å². The molecule has 0 saturated heterocycles. The fraction of sp³-hybridized carbons (Fsp3) is 0.333. The lowest BCUT2D eigenvalue weighted by Crippen LogP contribution is -2.31. The second kappa shape index (κ2) is 3.71. The van der Waals surface area contributed by atoms with E-state index in [1.165, 1.54) is 12.3 Å². The zero-order valence-corrected chi connectivity index (χ0v) is 7.57. The van der Waals surface area contributed by atoms with Crippen molar-refractivity contribution >= 4 is 5.84 Å². The zero-order valence-electron chi connectivity index (χ0n) is 7.57. The fourth-order valence-corrected chi connectivity index (χ4v) is 1.12. The first kappa shape index (κ1) is 9.08. The van der Waals surface area contributed by atoms with Crippen molar-refractivity contribution in [1.82, 2.24) is 10.4 Å². The maximum Gasteiger partial charge on any atom is 0.144 e. The van der Waals surface area contributed by atoms with Gasteiger partial charge in [-0.15, -0.1) is 0 Å². The molecule has 4 nitrogen and oxygen atoms in total. The summed E-state index contributed by atoms with van der Waals surface area (Å²) in [4.78, 5) is 8.02. The summed E-state index contributed by atoms with van der Waals surface area (Å²) in [5.74, 6) is 5.41. The quantitative estimate of drug-likeness (QED) is 0.313. The van der Waals surface area contributed by atoms with Crippen LogP contribution in [0.25, 0.3) is 0 Å². The number of rotatable bonds is 2. The lowest BCUT2D eigenvalue weighted by molar-refractivity contribution is 0.621. The summed E-state index contributed by atoms with van der Waals surface area (Å²) in [5.41, 5.74) is 3.04. The van der Waals surface area contributed by atoms with Crippen LogP contribution in [-0.4, -0.2) is 16.9 Å². The van der Waals surface area contributed by atoms with Gasteiger partial charge in [-0.2, -0.15) is 0 Å². The summed E-state index contributed by atoms with van der Waals surface area (Å²) in [5, 5.41) is 0. The van der Waals surface area contributed by atoms with Gasteiger partial charge in [-0.25, -0.2) is 10.2 Å². The molecule has 0 atom stereocenters. The number of hydrogen-bond acceptors (Lipinski definition) is 3. The first-order valence-corrected chi connectivity index (χ1v) is 4.45. The normalized spacial score (nSPS) is 16.9. The second-order valence-electron chi connectivity index (χ2n) is 3.25. The molecule has 0 aromatic carbocycles. The minimum atomic E-state index is -0.388. The molecule has 1 heterocycles. The summed E-state index contributed by atoms with van der Waals surface area (Å²) in [6.07, 6.45) is 4.83. The van der Waals surface area contributed by atoms with E-state index in [1.54, 1.807) is 0 Å². The maximum atomic E-state index is 12.8. The summed E-state index contributed by atoms with van der Waals surface area (Å²) < 4.78 is 12.8. The van der Waals surface area contributed by atoms with E-state index in [4.69, 9.17) is 5.84 Å². The number of aromatic nitrogens is 1. The number of pyridine rings is 1. The number of hydrazine groups is 1. The Morgan fingerprint density at radius 1 is 1.57 bits per heavy atom. The van der Waals surface area contributed by atoms with Crippen LogP contribution >= 0.6 is 0 Å². The molecule has 74 valence electrons. The molecule has 0 bridgehead atoms. The number of aliphatic imine (C=N–C) groups is 1. The molecule has 5 heteroatoms. The Kier molecular flexibility index (Phi) is 2.41. The smallest absolute Gasteiger partial charge is 0.144 e. The summed E-state index contributed by atoms with van der Waals surface area (Å²) in [7, 11) is 0. The van der Waals surface area contributed by atoms with Crippen molar-refractivity contribution in [3.63, 3.8) is 0 Å². The number of amidine groups is 1. The Morgan fingerprint density at radius 2 is 2.36 bits per heavy atom. The molecular formula is C9H11FN4. The molecule has 1 aliphatic carbocycles. The van der Waals surface area contributed by atoms with Crippen LogP contribution in [0.4, 0.5) is 4.39 Å². The molecule has 0 amide bonds. The number of hydrogen-bond donors (Lipinski definition) is 2. The predicted molar refractivity (Wildman–Crippen MR) is 51.1 cm³/mol. The van der Waals surface area contributed by atoms with Crippen molar-refractivity contribution in [3.05, 3.63) is 29.8 Å². The number of nitrogens with one attached hydrogen (secondary N) is 1.